The lowest BCUT2D eigenvalue weighted by Gasteiger charge is -2.18. The highest BCUT2D eigenvalue weighted by atomic mass is 35.5. The van der Waals surface area contributed by atoms with Crippen molar-refractivity contribution in [1.82, 2.24) is 9.72 Å². The second-order valence-corrected chi connectivity index (χ2v) is 11.1. The maximum atomic E-state index is 13.8. The van der Waals surface area contributed by atoms with E-state index in [9.17, 15) is 30.8 Å². The number of ether oxygens (including phenoxy) is 1. The number of nitrogens with one attached hydrogen (secondary N) is 1. The van der Waals surface area contributed by atoms with Crippen molar-refractivity contribution in [1.29, 1.82) is 0 Å². The number of carbonyl (C=O) groups is 1. The van der Waals surface area contributed by atoms with Crippen molar-refractivity contribution in [2.45, 2.75) is 11.1 Å². The molecule has 44 heavy (non-hydrogen) atoms. The van der Waals surface area contributed by atoms with Gasteiger partial charge in [0.05, 0.1) is 17.7 Å². The standard InChI is InChI=1S/C26H19ClFN3O5S.C2HF3O2/c1-31-25(32)12-16-11-18(37(33,34)30-24-8-9-36-29-24)6-7-19(16)26(31)21-13-22(27)20(14-23(21)35-2)15-4-3-5-17(28)10-15;3-2(4,5)1(6)7/h3-14H,1-2H3,(H,29,30);(H,6,7). The third kappa shape index (κ3) is 6.84. The Morgan fingerprint density at radius 1 is 1.07 bits per heavy atom. The second kappa shape index (κ2) is 12.4. The van der Waals surface area contributed by atoms with E-state index in [1.54, 1.807) is 37.4 Å². The van der Waals surface area contributed by atoms with Crippen LogP contribution in [-0.4, -0.2) is 42.5 Å². The molecule has 0 amide bonds. The fourth-order valence-corrected chi connectivity index (χ4v) is 5.44. The molecule has 0 saturated heterocycles. The number of pyridine rings is 1. The van der Waals surface area contributed by atoms with Crippen LogP contribution in [0.5, 0.6) is 5.75 Å². The minimum atomic E-state index is -5.08. The first kappa shape index (κ1) is 32.0. The summed E-state index contributed by atoms with van der Waals surface area (Å²) in [4.78, 5) is 21.7. The van der Waals surface area contributed by atoms with Crippen LogP contribution >= 0.6 is 11.6 Å². The number of halogens is 5. The Balaban J connectivity index is 0.000000566. The lowest BCUT2D eigenvalue weighted by Crippen LogP contribution is -2.21. The monoisotopic (exact) mass is 653 g/mol. The zero-order chi connectivity index (χ0) is 32.4. The molecule has 0 saturated carbocycles. The maximum absolute atomic E-state index is 13.8. The summed E-state index contributed by atoms with van der Waals surface area (Å²) in [6, 6.07) is 16.5. The Hall–Kier alpha value is -4.89. The molecule has 2 N–H and O–H groups in total. The predicted molar refractivity (Wildman–Crippen MR) is 153 cm³/mol. The van der Waals surface area contributed by atoms with Crippen molar-refractivity contribution in [3.8, 4) is 28.1 Å². The van der Waals surface area contributed by atoms with E-state index >= 15 is 0 Å². The number of hydrogen-bond acceptors (Lipinski definition) is 7. The molecule has 0 aliphatic carbocycles. The number of aliphatic carboxylic acids is 1. The average Bonchev–Trinajstić information content (AvgIpc) is 3.45. The van der Waals surface area contributed by atoms with E-state index in [2.05, 4.69) is 14.4 Å². The third-order valence-electron chi connectivity index (χ3n) is 6.13. The SMILES string of the molecule is COc1cc(-c2cccc(F)c2)c(Cl)cc1-c1c2ccc(S(=O)(=O)Nc3ccon3)cc2cc(=O)n1C.O=C(O)C(F)(F)F. The second-order valence-electron chi connectivity index (χ2n) is 8.98. The van der Waals surface area contributed by atoms with E-state index in [1.165, 1.54) is 54.3 Å². The Morgan fingerprint density at radius 2 is 1.77 bits per heavy atom. The molecule has 230 valence electrons. The van der Waals surface area contributed by atoms with Gasteiger partial charge in [0.2, 0.25) is 0 Å². The molecule has 16 heteroatoms. The molecular weight excluding hydrogens is 634 g/mol. The van der Waals surface area contributed by atoms with Crippen LogP contribution in [0.25, 0.3) is 33.2 Å². The van der Waals surface area contributed by atoms with E-state index in [4.69, 9.17) is 26.2 Å². The van der Waals surface area contributed by atoms with E-state index in [1.807, 2.05) is 0 Å². The van der Waals surface area contributed by atoms with Crippen LogP contribution in [0.4, 0.5) is 23.4 Å². The van der Waals surface area contributed by atoms with E-state index < -0.39 is 28.0 Å². The van der Waals surface area contributed by atoms with Gasteiger partial charge in [-0.05, 0) is 47.3 Å². The van der Waals surface area contributed by atoms with Crippen molar-refractivity contribution >= 4 is 44.2 Å². The van der Waals surface area contributed by atoms with Gasteiger partial charge in [0.1, 0.15) is 17.8 Å². The largest absolute Gasteiger partial charge is 0.496 e. The smallest absolute Gasteiger partial charge is 0.490 e. The summed E-state index contributed by atoms with van der Waals surface area (Å²) in [5.41, 5.74) is 1.74. The van der Waals surface area contributed by atoms with Crippen LogP contribution in [0.3, 0.4) is 0 Å². The molecule has 10 nitrogen and oxygen atoms in total. The summed E-state index contributed by atoms with van der Waals surface area (Å²) < 4.78 is 85.3. The van der Waals surface area contributed by atoms with Gasteiger partial charge in [0.25, 0.3) is 15.6 Å². The molecule has 5 rings (SSSR count). The van der Waals surface area contributed by atoms with Crippen LogP contribution in [0, 0.1) is 5.82 Å². The number of carboxylic acids is 1. The molecule has 0 atom stereocenters. The Labute approximate surface area is 251 Å². The van der Waals surface area contributed by atoms with Crippen molar-refractivity contribution in [2.24, 2.45) is 7.05 Å². The first-order valence-electron chi connectivity index (χ1n) is 12.1. The molecule has 3 aromatic carbocycles. The van der Waals surface area contributed by atoms with Crippen LogP contribution in [0.2, 0.25) is 5.02 Å². The molecule has 0 aliphatic heterocycles. The van der Waals surface area contributed by atoms with Crippen molar-refractivity contribution < 1.29 is 45.1 Å². The zero-order valence-electron chi connectivity index (χ0n) is 22.5. The summed E-state index contributed by atoms with van der Waals surface area (Å²) >= 11 is 6.62. The normalized spacial score (nSPS) is 11.5. The van der Waals surface area contributed by atoms with E-state index in [-0.39, 0.29) is 16.3 Å². The van der Waals surface area contributed by atoms with Crippen molar-refractivity contribution in [3.63, 3.8) is 0 Å². The van der Waals surface area contributed by atoms with E-state index in [0.717, 1.165) is 0 Å². The number of fused-ring (bicyclic) bond motifs is 1. The van der Waals surface area contributed by atoms with Gasteiger partial charge in [0.15, 0.2) is 5.82 Å². The number of carboxylic acid groups (broad SMARTS) is 1. The molecule has 2 aromatic heterocycles. The Kier molecular flexibility index (Phi) is 9.01. The summed E-state index contributed by atoms with van der Waals surface area (Å²) in [6.45, 7) is 0. The molecular formula is C28H20ClF4N3O7S. The minimum absolute atomic E-state index is 0.0301. The molecule has 0 aliphatic rings. The van der Waals surface area contributed by atoms with E-state index in [0.29, 0.717) is 43.9 Å². The number of sulfonamides is 1. The Bertz CT molecular complexity index is 2030. The van der Waals surface area contributed by atoms with Gasteiger partial charge in [-0.1, -0.05) is 35.0 Å². The van der Waals surface area contributed by atoms with Gasteiger partial charge >= 0.3 is 12.1 Å². The van der Waals surface area contributed by atoms with Crippen LogP contribution in [-0.2, 0) is 21.9 Å². The molecule has 2 heterocycles. The Morgan fingerprint density at radius 3 is 2.36 bits per heavy atom. The number of benzene rings is 3. The summed E-state index contributed by atoms with van der Waals surface area (Å²) in [7, 11) is -0.916. The average molecular weight is 654 g/mol. The van der Waals surface area contributed by atoms with Crippen LogP contribution in [0.1, 0.15) is 0 Å². The summed E-state index contributed by atoms with van der Waals surface area (Å²) in [6.07, 6.45) is -3.84. The molecule has 0 bridgehead atoms. The minimum Gasteiger partial charge on any atom is -0.496 e. The number of rotatable bonds is 6. The number of nitrogens with zero attached hydrogens (tertiary/aromatic N) is 2. The van der Waals surface area contributed by atoms with Gasteiger partial charge in [-0.15, -0.1) is 0 Å². The highest BCUT2D eigenvalue weighted by molar-refractivity contribution is 7.92. The van der Waals surface area contributed by atoms with Crippen LogP contribution < -0.4 is 15.0 Å². The van der Waals surface area contributed by atoms with Gasteiger partial charge in [-0.25, -0.2) is 17.6 Å². The fraction of sp³-hybridized carbons (Fsp3) is 0.107. The lowest BCUT2D eigenvalue weighted by molar-refractivity contribution is -0.192. The highest BCUT2D eigenvalue weighted by Gasteiger charge is 2.38. The predicted octanol–water partition coefficient (Wildman–Crippen LogP) is 6.10. The van der Waals surface area contributed by atoms with Crippen molar-refractivity contribution in [3.05, 3.63) is 94.2 Å². The van der Waals surface area contributed by atoms with Crippen molar-refractivity contribution in [2.75, 3.05) is 11.8 Å². The maximum Gasteiger partial charge on any atom is 0.490 e. The number of methoxy groups -OCH3 is 1. The number of aromatic nitrogens is 2. The summed E-state index contributed by atoms with van der Waals surface area (Å²) in [5, 5.41) is 12.0. The number of hydrogen-bond donors (Lipinski definition) is 2. The first-order chi connectivity index (χ1) is 20.6. The first-order valence-corrected chi connectivity index (χ1v) is 14.0. The number of alkyl halides is 3. The van der Waals surface area contributed by atoms with Gasteiger partial charge in [0, 0.05) is 40.7 Å². The zero-order valence-corrected chi connectivity index (χ0v) is 24.1. The molecule has 0 spiro atoms. The topological polar surface area (TPSA) is 141 Å². The molecule has 0 radical (unpaired) electrons. The quantitative estimate of drug-likeness (QED) is 0.210. The van der Waals surface area contributed by atoms with Gasteiger partial charge in [-0.2, -0.15) is 13.2 Å². The third-order valence-corrected chi connectivity index (χ3v) is 7.80. The van der Waals surface area contributed by atoms with Crippen LogP contribution in [0.15, 0.2) is 87.2 Å². The molecule has 5 aromatic rings. The van der Waals surface area contributed by atoms with Gasteiger partial charge in [-0.3, -0.25) is 9.52 Å². The number of anilines is 1. The fourth-order valence-electron chi connectivity index (χ4n) is 4.14. The molecule has 0 unspecified atom stereocenters. The lowest BCUT2D eigenvalue weighted by atomic mass is 9.98. The summed E-state index contributed by atoms with van der Waals surface area (Å²) in [5.74, 6) is -2.73. The highest BCUT2D eigenvalue weighted by Crippen LogP contribution is 2.41. The van der Waals surface area contributed by atoms with Gasteiger partial charge < -0.3 is 18.9 Å². The molecule has 0 fully saturated rings.